The van der Waals surface area contributed by atoms with Crippen molar-refractivity contribution in [3.8, 4) is 5.75 Å². The van der Waals surface area contributed by atoms with Crippen molar-refractivity contribution in [3.63, 3.8) is 0 Å². The van der Waals surface area contributed by atoms with Gasteiger partial charge in [-0.15, -0.1) is 12.4 Å². The Kier molecular flexibility index (Phi) is 7.68. The highest BCUT2D eigenvalue weighted by molar-refractivity contribution is 7.89. The number of carbonyl (C=O) groups excluding carboxylic acids is 1. The van der Waals surface area contributed by atoms with E-state index < -0.39 is 16.0 Å². The van der Waals surface area contributed by atoms with Crippen LogP contribution >= 0.6 is 12.4 Å². The Hall–Kier alpha value is -1.61. The lowest BCUT2D eigenvalue weighted by Gasteiger charge is -2.15. The summed E-state index contributed by atoms with van der Waals surface area (Å²) in [5, 5.41) is 3.16. The molecule has 0 saturated carbocycles. The van der Waals surface area contributed by atoms with Crippen molar-refractivity contribution >= 4 is 28.4 Å². The average molecular weight is 377 g/mol. The van der Waals surface area contributed by atoms with E-state index in [-0.39, 0.29) is 35.2 Å². The lowest BCUT2D eigenvalue weighted by molar-refractivity contribution is 0.0597. The number of ether oxygens (including phenoxy) is 2. The fraction of sp³-hybridized carbons (Fsp3) is 0.400. The van der Waals surface area contributed by atoms with Gasteiger partial charge >= 0.3 is 5.97 Å². The van der Waals surface area contributed by atoms with Crippen molar-refractivity contribution in [2.24, 2.45) is 0 Å². The smallest absolute Gasteiger partial charge is 0.341 e. The first kappa shape index (κ1) is 20.4. The molecule has 0 spiro atoms. The second-order valence-electron chi connectivity index (χ2n) is 4.99. The summed E-state index contributed by atoms with van der Waals surface area (Å²) in [5.74, 6) is -0.392. The molecular weight excluding hydrogens is 356 g/mol. The second kappa shape index (κ2) is 9.03. The Balaban J connectivity index is 0.00000288. The molecule has 0 amide bonds. The summed E-state index contributed by atoms with van der Waals surface area (Å²) in [5.41, 5.74) is 1.10. The lowest BCUT2D eigenvalue weighted by Crippen LogP contribution is -2.29. The van der Waals surface area contributed by atoms with E-state index in [4.69, 9.17) is 4.74 Å². The number of benzene rings is 1. The highest BCUT2D eigenvalue weighted by Crippen LogP contribution is 2.23. The van der Waals surface area contributed by atoms with Crippen LogP contribution in [0.3, 0.4) is 0 Å². The maximum Gasteiger partial charge on any atom is 0.341 e. The van der Waals surface area contributed by atoms with Gasteiger partial charge < -0.3 is 14.8 Å². The minimum Gasteiger partial charge on any atom is -0.496 e. The van der Waals surface area contributed by atoms with E-state index in [1.807, 2.05) is 6.08 Å². The van der Waals surface area contributed by atoms with E-state index in [1.165, 1.54) is 32.4 Å². The number of hydrogen-bond acceptors (Lipinski definition) is 6. The molecule has 24 heavy (non-hydrogen) atoms. The van der Waals surface area contributed by atoms with Crippen molar-refractivity contribution in [1.29, 1.82) is 0 Å². The third-order valence-electron chi connectivity index (χ3n) is 3.53. The van der Waals surface area contributed by atoms with Gasteiger partial charge in [-0.3, -0.25) is 0 Å². The molecule has 0 fully saturated rings. The summed E-state index contributed by atoms with van der Waals surface area (Å²) in [6.45, 7) is 1.83. The van der Waals surface area contributed by atoms with Gasteiger partial charge in [0.15, 0.2) is 0 Å². The number of halogens is 1. The van der Waals surface area contributed by atoms with E-state index >= 15 is 0 Å². The van der Waals surface area contributed by atoms with Gasteiger partial charge in [0, 0.05) is 13.1 Å². The summed E-state index contributed by atoms with van der Waals surface area (Å²) < 4.78 is 37.0. The molecule has 9 heteroatoms. The van der Waals surface area contributed by atoms with Crippen LogP contribution in [-0.2, 0) is 14.8 Å². The Labute approximate surface area is 147 Å². The van der Waals surface area contributed by atoms with Gasteiger partial charge in [-0.1, -0.05) is 11.6 Å². The van der Waals surface area contributed by atoms with E-state index in [9.17, 15) is 13.2 Å². The number of nitrogens with one attached hydrogen (secondary N) is 2. The van der Waals surface area contributed by atoms with Gasteiger partial charge in [0.25, 0.3) is 0 Å². The number of methoxy groups -OCH3 is 2. The monoisotopic (exact) mass is 376 g/mol. The fourth-order valence-electron chi connectivity index (χ4n) is 2.22. The van der Waals surface area contributed by atoms with Crippen LogP contribution in [0.4, 0.5) is 0 Å². The minimum atomic E-state index is -3.72. The zero-order valence-corrected chi connectivity index (χ0v) is 15.1. The van der Waals surface area contributed by atoms with Crippen molar-refractivity contribution < 1.29 is 22.7 Å². The number of esters is 1. The van der Waals surface area contributed by atoms with Gasteiger partial charge in [0.05, 0.1) is 19.1 Å². The van der Waals surface area contributed by atoms with Gasteiger partial charge in [-0.2, -0.15) is 0 Å². The Bertz CT molecular complexity index is 719. The first-order valence-corrected chi connectivity index (χ1v) is 8.61. The predicted octanol–water partition coefficient (Wildman–Crippen LogP) is 1.10. The molecule has 1 aromatic rings. The van der Waals surface area contributed by atoms with Crippen molar-refractivity contribution in [2.45, 2.75) is 11.3 Å². The average Bonchev–Trinajstić information content (AvgIpc) is 2.59. The fourth-order valence-corrected chi connectivity index (χ4v) is 3.29. The van der Waals surface area contributed by atoms with Gasteiger partial charge in [-0.25, -0.2) is 17.9 Å². The molecule has 0 atom stereocenters. The number of sulfonamides is 1. The molecule has 0 aliphatic carbocycles. The van der Waals surface area contributed by atoms with Crippen LogP contribution in [0.5, 0.6) is 5.75 Å². The van der Waals surface area contributed by atoms with Crippen LogP contribution in [0.25, 0.3) is 0 Å². The van der Waals surface area contributed by atoms with Crippen LogP contribution in [0, 0.1) is 0 Å². The maximum absolute atomic E-state index is 12.4. The summed E-state index contributed by atoms with van der Waals surface area (Å²) in [7, 11) is -1.10. The summed E-state index contributed by atoms with van der Waals surface area (Å²) in [6.07, 6.45) is 2.78. The maximum atomic E-state index is 12.4. The zero-order valence-electron chi connectivity index (χ0n) is 13.5. The molecule has 7 nitrogen and oxygen atoms in total. The van der Waals surface area contributed by atoms with Crippen LogP contribution in [0.15, 0.2) is 34.7 Å². The Morgan fingerprint density at radius 2 is 2.08 bits per heavy atom. The van der Waals surface area contributed by atoms with Crippen molar-refractivity contribution in [3.05, 3.63) is 35.4 Å². The van der Waals surface area contributed by atoms with E-state index in [2.05, 4.69) is 14.8 Å². The molecule has 0 bridgehead atoms. The number of rotatable bonds is 6. The van der Waals surface area contributed by atoms with Crippen LogP contribution in [-0.4, -0.2) is 48.2 Å². The number of carbonyl (C=O) groups is 1. The van der Waals surface area contributed by atoms with Crippen LogP contribution < -0.4 is 14.8 Å². The van der Waals surface area contributed by atoms with Crippen molar-refractivity contribution in [1.82, 2.24) is 10.0 Å². The normalized spacial score (nSPS) is 14.3. The highest BCUT2D eigenvalue weighted by atomic mass is 35.5. The van der Waals surface area contributed by atoms with Crippen LogP contribution in [0.1, 0.15) is 16.8 Å². The topological polar surface area (TPSA) is 93.7 Å². The lowest BCUT2D eigenvalue weighted by atomic mass is 10.1. The first-order chi connectivity index (χ1) is 11.0. The SMILES string of the molecule is COC(=O)c1cc(S(=O)(=O)NCC2=CCNCC2)ccc1OC.Cl. The molecule has 134 valence electrons. The molecule has 2 rings (SSSR count). The third-order valence-corrected chi connectivity index (χ3v) is 4.93. The standard InChI is InChI=1S/C15H20N2O5S.ClH/c1-21-14-4-3-12(9-13(14)15(18)22-2)23(19,20)17-10-11-5-7-16-8-6-11;/h3-5,9,16-17H,6-8,10H2,1-2H3;1H. The number of hydrogen-bond donors (Lipinski definition) is 2. The van der Waals surface area contributed by atoms with Gasteiger partial charge in [0.2, 0.25) is 10.0 Å². The third kappa shape index (κ3) is 4.94. The Morgan fingerprint density at radius 1 is 1.33 bits per heavy atom. The quantitative estimate of drug-likeness (QED) is 0.570. The zero-order chi connectivity index (χ0) is 16.9. The van der Waals surface area contributed by atoms with E-state index in [1.54, 1.807) is 0 Å². The molecule has 1 aliphatic rings. The van der Waals surface area contributed by atoms with Gasteiger partial charge in [0.1, 0.15) is 11.3 Å². The van der Waals surface area contributed by atoms with Gasteiger partial charge in [-0.05, 0) is 31.2 Å². The molecular formula is C15H21ClN2O5S. The first-order valence-electron chi connectivity index (χ1n) is 7.12. The second-order valence-corrected chi connectivity index (χ2v) is 6.76. The van der Waals surface area contributed by atoms with E-state index in [0.717, 1.165) is 25.1 Å². The molecule has 0 saturated heterocycles. The predicted molar refractivity (Wildman–Crippen MR) is 92.3 cm³/mol. The molecule has 1 heterocycles. The van der Waals surface area contributed by atoms with Crippen LogP contribution in [0.2, 0.25) is 0 Å². The van der Waals surface area contributed by atoms with Crippen molar-refractivity contribution in [2.75, 3.05) is 33.9 Å². The molecule has 1 aliphatic heterocycles. The summed E-state index contributed by atoms with van der Waals surface area (Å²) in [6, 6.07) is 4.08. The molecule has 1 aromatic carbocycles. The molecule has 0 radical (unpaired) electrons. The Morgan fingerprint density at radius 3 is 2.67 bits per heavy atom. The molecule has 0 aromatic heterocycles. The highest BCUT2D eigenvalue weighted by Gasteiger charge is 2.20. The summed E-state index contributed by atoms with van der Waals surface area (Å²) in [4.78, 5) is 11.7. The molecule has 2 N–H and O–H groups in total. The minimum absolute atomic E-state index is 0. The molecule has 0 unspecified atom stereocenters. The summed E-state index contributed by atoms with van der Waals surface area (Å²) >= 11 is 0. The van der Waals surface area contributed by atoms with E-state index in [0.29, 0.717) is 0 Å². The largest absolute Gasteiger partial charge is 0.496 e.